The SMILES string of the molecule is c1ccc(-c2nc(-c3ccccc3)nc(-c3ccc4c(c3)-c3cccc5c(-c6ccc(N(c7ccccc7)c7ccccc7)cc6)ccc(c35)N4c3ccccc3)n2)cc1. The number of anilines is 6. The second-order valence-corrected chi connectivity index (χ2v) is 14.9. The number of rotatable bonds is 8. The van der Waals surface area contributed by atoms with Gasteiger partial charge in [-0.05, 0) is 94.9 Å². The second kappa shape index (κ2) is 15.0. The number of aromatic nitrogens is 3. The van der Waals surface area contributed by atoms with Crippen molar-refractivity contribution in [3.05, 3.63) is 224 Å². The number of nitrogens with zero attached hydrogens (tertiary/aromatic N) is 5. The standard InChI is InChI=1S/C55H37N5/c1-6-17-39(18-7-1)53-56-54(40-19-8-2-9-20-40)58-55(57-53)41-31-35-50-49(37-41)48-28-16-27-47-46(34-36-51(52(47)48)60(50)44-25-14-5-15-26-44)38-29-32-45(33-30-38)59(42-21-10-3-11-22-42)43-23-12-4-13-24-43/h1-37H. The van der Waals surface area contributed by atoms with Crippen molar-refractivity contribution in [3.8, 4) is 56.4 Å². The third-order valence-corrected chi connectivity index (χ3v) is 11.2. The molecular formula is C55H37N5. The Morgan fingerprint density at radius 3 is 1.38 bits per heavy atom. The number of para-hydroxylation sites is 3. The van der Waals surface area contributed by atoms with Crippen LogP contribution in [0.3, 0.4) is 0 Å². The van der Waals surface area contributed by atoms with Gasteiger partial charge in [-0.25, -0.2) is 15.0 Å². The molecule has 0 unspecified atom stereocenters. The monoisotopic (exact) mass is 767 g/mol. The van der Waals surface area contributed by atoms with Crippen LogP contribution in [-0.4, -0.2) is 15.0 Å². The lowest BCUT2D eigenvalue weighted by molar-refractivity contribution is 1.07. The van der Waals surface area contributed by atoms with E-state index in [4.69, 9.17) is 15.0 Å². The van der Waals surface area contributed by atoms with Crippen LogP contribution in [0.4, 0.5) is 34.1 Å². The topological polar surface area (TPSA) is 45.2 Å². The Kier molecular flexibility index (Phi) is 8.75. The van der Waals surface area contributed by atoms with Gasteiger partial charge < -0.3 is 9.80 Å². The molecule has 0 saturated heterocycles. The molecule has 60 heavy (non-hydrogen) atoms. The van der Waals surface area contributed by atoms with Crippen molar-refractivity contribution in [2.75, 3.05) is 9.80 Å². The van der Waals surface area contributed by atoms with Gasteiger partial charge in [-0.2, -0.15) is 0 Å². The van der Waals surface area contributed by atoms with Crippen molar-refractivity contribution in [2.24, 2.45) is 0 Å². The Bertz CT molecular complexity index is 3020. The van der Waals surface area contributed by atoms with Crippen LogP contribution >= 0.6 is 0 Å². The number of hydrogen-bond donors (Lipinski definition) is 0. The fraction of sp³-hybridized carbons (Fsp3) is 0. The maximum Gasteiger partial charge on any atom is 0.164 e. The van der Waals surface area contributed by atoms with Crippen molar-refractivity contribution < 1.29 is 0 Å². The average molecular weight is 768 g/mol. The molecule has 0 N–H and O–H groups in total. The first kappa shape index (κ1) is 35.0. The van der Waals surface area contributed by atoms with E-state index in [9.17, 15) is 0 Å². The molecule has 1 aliphatic heterocycles. The maximum absolute atomic E-state index is 5.09. The molecule has 9 aromatic carbocycles. The molecule has 5 nitrogen and oxygen atoms in total. The number of benzene rings is 9. The first-order valence-corrected chi connectivity index (χ1v) is 20.2. The highest BCUT2D eigenvalue weighted by Gasteiger charge is 2.28. The lowest BCUT2D eigenvalue weighted by Gasteiger charge is -2.34. The van der Waals surface area contributed by atoms with Gasteiger partial charge in [0.1, 0.15) is 0 Å². The molecule has 1 aliphatic rings. The van der Waals surface area contributed by atoms with E-state index in [1.807, 2.05) is 60.7 Å². The smallest absolute Gasteiger partial charge is 0.164 e. The minimum Gasteiger partial charge on any atom is -0.311 e. The summed E-state index contributed by atoms with van der Waals surface area (Å²) in [5, 5.41) is 2.39. The zero-order valence-corrected chi connectivity index (χ0v) is 32.6. The third-order valence-electron chi connectivity index (χ3n) is 11.2. The van der Waals surface area contributed by atoms with Gasteiger partial charge in [0.05, 0.1) is 11.4 Å². The summed E-state index contributed by atoms with van der Waals surface area (Å²) in [5.74, 6) is 1.91. The van der Waals surface area contributed by atoms with E-state index in [0.717, 1.165) is 61.9 Å². The second-order valence-electron chi connectivity index (χ2n) is 14.9. The average Bonchev–Trinajstić information content (AvgIpc) is 3.33. The van der Waals surface area contributed by atoms with Crippen LogP contribution in [-0.2, 0) is 0 Å². The fourth-order valence-corrected chi connectivity index (χ4v) is 8.45. The van der Waals surface area contributed by atoms with E-state index < -0.39 is 0 Å². The predicted octanol–water partition coefficient (Wildman–Crippen LogP) is 14.6. The summed E-state index contributed by atoms with van der Waals surface area (Å²) in [6.07, 6.45) is 0. The highest BCUT2D eigenvalue weighted by atomic mass is 15.2. The van der Waals surface area contributed by atoms with E-state index in [-0.39, 0.29) is 0 Å². The van der Waals surface area contributed by atoms with Gasteiger partial charge in [-0.3, -0.25) is 0 Å². The van der Waals surface area contributed by atoms with Gasteiger partial charge >= 0.3 is 0 Å². The molecule has 5 heteroatoms. The van der Waals surface area contributed by atoms with E-state index in [1.165, 1.54) is 21.9 Å². The Balaban J connectivity index is 1.07. The highest BCUT2D eigenvalue weighted by molar-refractivity contribution is 6.17. The van der Waals surface area contributed by atoms with Crippen LogP contribution in [0.25, 0.3) is 67.2 Å². The lowest BCUT2D eigenvalue weighted by atomic mass is 9.87. The van der Waals surface area contributed by atoms with Crippen molar-refractivity contribution in [1.82, 2.24) is 15.0 Å². The summed E-state index contributed by atoms with van der Waals surface area (Å²) in [7, 11) is 0. The molecule has 2 heterocycles. The summed E-state index contributed by atoms with van der Waals surface area (Å²) >= 11 is 0. The van der Waals surface area contributed by atoms with Crippen molar-refractivity contribution in [2.45, 2.75) is 0 Å². The molecule has 0 bridgehead atoms. The lowest BCUT2D eigenvalue weighted by Crippen LogP contribution is -2.15. The first-order chi connectivity index (χ1) is 29.8. The summed E-state index contributed by atoms with van der Waals surface area (Å²) in [6, 6.07) is 78.8. The molecule has 282 valence electrons. The van der Waals surface area contributed by atoms with Gasteiger partial charge in [0.2, 0.25) is 0 Å². The van der Waals surface area contributed by atoms with Gasteiger partial charge in [0.25, 0.3) is 0 Å². The Hall–Kier alpha value is -8.15. The van der Waals surface area contributed by atoms with E-state index in [1.54, 1.807) is 0 Å². The highest BCUT2D eigenvalue weighted by Crippen LogP contribution is 2.53. The van der Waals surface area contributed by atoms with Crippen molar-refractivity contribution in [3.63, 3.8) is 0 Å². The summed E-state index contributed by atoms with van der Waals surface area (Å²) in [4.78, 5) is 19.8. The minimum absolute atomic E-state index is 0.628. The van der Waals surface area contributed by atoms with Crippen molar-refractivity contribution >= 4 is 44.9 Å². The normalized spacial score (nSPS) is 11.6. The molecule has 0 aliphatic carbocycles. The van der Waals surface area contributed by atoms with Crippen LogP contribution in [0.15, 0.2) is 224 Å². The molecule has 0 saturated carbocycles. The quantitative estimate of drug-likeness (QED) is 0.154. The van der Waals surface area contributed by atoms with Gasteiger partial charge in [0.15, 0.2) is 17.5 Å². The van der Waals surface area contributed by atoms with Crippen LogP contribution in [0.5, 0.6) is 0 Å². The number of hydrogen-bond acceptors (Lipinski definition) is 5. The first-order valence-electron chi connectivity index (χ1n) is 20.2. The van der Waals surface area contributed by atoms with Gasteiger partial charge in [-0.15, -0.1) is 0 Å². The molecule has 1 aromatic heterocycles. The largest absolute Gasteiger partial charge is 0.311 e. The summed E-state index contributed by atoms with van der Waals surface area (Å²) < 4.78 is 0. The molecule has 11 rings (SSSR count). The zero-order chi connectivity index (χ0) is 39.8. The van der Waals surface area contributed by atoms with E-state index in [2.05, 4.69) is 174 Å². The van der Waals surface area contributed by atoms with Crippen LogP contribution in [0, 0.1) is 0 Å². The van der Waals surface area contributed by atoms with E-state index >= 15 is 0 Å². The van der Waals surface area contributed by atoms with Gasteiger partial charge in [-0.1, -0.05) is 152 Å². The molecule has 0 spiro atoms. The van der Waals surface area contributed by atoms with Gasteiger partial charge in [0, 0.05) is 50.4 Å². The molecule has 0 atom stereocenters. The number of fused-ring (bicyclic) bond motifs is 2. The van der Waals surface area contributed by atoms with Crippen LogP contribution in [0.2, 0.25) is 0 Å². The molecule has 0 radical (unpaired) electrons. The molecule has 0 amide bonds. The maximum atomic E-state index is 5.09. The van der Waals surface area contributed by atoms with Crippen LogP contribution in [0.1, 0.15) is 0 Å². The molecule has 0 fully saturated rings. The Morgan fingerprint density at radius 2 is 0.800 bits per heavy atom. The summed E-state index contributed by atoms with van der Waals surface area (Å²) in [6.45, 7) is 0. The molecular weight excluding hydrogens is 731 g/mol. The fourth-order valence-electron chi connectivity index (χ4n) is 8.45. The van der Waals surface area contributed by atoms with Crippen LogP contribution < -0.4 is 9.80 Å². The third kappa shape index (κ3) is 6.26. The van der Waals surface area contributed by atoms with Crippen molar-refractivity contribution in [1.29, 1.82) is 0 Å². The Morgan fingerprint density at radius 1 is 0.317 bits per heavy atom. The zero-order valence-electron chi connectivity index (χ0n) is 32.6. The Labute approximate surface area is 349 Å². The van der Waals surface area contributed by atoms with E-state index in [0.29, 0.717) is 17.5 Å². The molecule has 10 aromatic rings. The minimum atomic E-state index is 0.628. The summed E-state index contributed by atoms with van der Waals surface area (Å²) in [5.41, 5.74) is 14.1. The predicted molar refractivity (Wildman–Crippen MR) is 247 cm³/mol.